The molecule has 42 heavy (non-hydrogen) atoms. The molecule has 5 atom stereocenters. The van der Waals surface area contributed by atoms with Crippen LogP contribution in [-0.4, -0.2) is 34.4 Å². The zero-order valence-electron chi connectivity index (χ0n) is 27.2. The summed E-state index contributed by atoms with van der Waals surface area (Å²) in [4.78, 5) is 0. The van der Waals surface area contributed by atoms with Gasteiger partial charge in [-0.25, -0.2) is 0 Å². The average Bonchev–Trinajstić information content (AvgIpc) is 2.97. The summed E-state index contributed by atoms with van der Waals surface area (Å²) in [5.74, 6) is 2.10. The van der Waals surface area contributed by atoms with Crippen molar-refractivity contribution in [3.63, 3.8) is 0 Å². The maximum Gasteiger partial charge on any atom is 0.261 e. The van der Waals surface area contributed by atoms with Crippen molar-refractivity contribution in [1.29, 1.82) is 0 Å². The van der Waals surface area contributed by atoms with E-state index in [1.165, 1.54) is 15.9 Å². The topological polar surface area (TPSA) is 27.7 Å². The zero-order chi connectivity index (χ0) is 30.8. The number of hydrogen-bond acceptors (Lipinski definition) is 3. The van der Waals surface area contributed by atoms with Gasteiger partial charge in [-0.3, -0.25) is 0 Å². The Kier molecular flexibility index (Phi) is 13.1. The van der Waals surface area contributed by atoms with Crippen LogP contribution in [0.2, 0.25) is 5.04 Å². The first kappa shape index (κ1) is 34.2. The van der Waals surface area contributed by atoms with E-state index in [0.29, 0.717) is 23.7 Å². The smallest absolute Gasteiger partial charge is 0.261 e. The minimum Gasteiger partial charge on any atom is -0.404 e. The van der Waals surface area contributed by atoms with Crippen molar-refractivity contribution in [1.82, 2.24) is 0 Å². The highest BCUT2D eigenvalue weighted by Gasteiger charge is 2.51. The third-order valence-electron chi connectivity index (χ3n) is 9.18. The van der Waals surface area contributed by atoms with Crippen molar-refractivity contribution in [2.75, 3.05) is 13.9 Å². The van der Waals surface area contributed by atoms with Gasteiger partial charge in [0.1, 0.15) is 6.79 Å². The summed E-state index contributed by atoms with van der Waals surface area (Å²) >= 11 is 0. The van der Waals surface area contributed by atoms with Gasteiger partial charge in [0, 0.05) is 13.2 Å². The minimum atomic E-state index is -2.70. The minimum absolute atomic E-state index is 0.0514. The second-order valence-electron chi connectivity index (χ2n) is 13.3. The molecular formula is C38H55O3Si. The molecule has 0 amide bonds. The number of benzene rings is 2. The Morgan fingerprint density at radius 2 is 1.57 bits per heavy atom. The fourth-order valence-corrected chi connectivity index (χ4v) is 11.7. The Morgan fingerprint density at radius 1 is 0.976 bits per heavy atom. The molecule has 1 aliphatic carbocycles. The van der Waals surface area contributed by atoms with E-state index < -0.39 is 8.32 Å². The van der Waals surface area contributed by atoms with Crippen LogP contribution in [0.3, 0.4) is 0 Å². The molecule has 0 spiro atoms. The van der Waals surface area contributed by atoms with Crippen molar-refractivity contribution < 1.29 is 13.9 Å². The Morgan fingerprint density at radius 3 is 2.05 bits per heavy atom. The van der Waals surface area contributed by atoms with Crippen LogP contribution < -0.4 is 10.4 Å². The summed E-state index contributed by atoms with van der Waals surface area (Å²) in [6, 6.07) is 22.0. The van der Waals surface area contributed by atoms with Gasteiger partial charge < -0.3 is 13.9 Å². The Bertz CT molecular complexity index is 1080. The molecule has 0 saturated carbocycles. The SMILES string of the molecule is C=CC[C@H](C[C@H]1C(C)=CC[C@H](C(C)C)[C@H]1C[CH][C@@H](C=C)OCOC)O[Si](c1ccccc1)(c1ccccc1)C(C)(C)C. The first-order chi connectivity index (χ1) is 20.1. The largest absolute Gasteiger partial charge is 0.404 e. The molecule has 3 rings (SSSR count). The molecule has 4 heteroatoms. The van der Waals surface area contributed by atoms with Crippen LogP contribution in [0.1, 0.15) is 67.2 Å². The molecule has 0 N–H and O–H groups in total. The lowest BCUT2D eigenvalue weighted by Crippen LogP contribution is -2.67. The molecule has 3 nitrogen and oxygen atoms in total. The van der Waals surface area contributed by atoms with Gasteiger partial charge in [0.15, 0.2) is 0 Å². The summed E-state index contributed by atoms with van der Waals surface area (Å²) < 4.78 is 18.7. The van der Waals surface area contributed by atoms with Crippen LogP contribution in [0, 0.1) is 30.1 Å². The lowest BCUT2D eigenvalue weighted by atomic mass is 9.65. The van der Waals surface area contributed by atoms with Crippen LogP contribution in [0.25, 0.3) is 0 Å². The van der Waals surface area contributed by atoms with Crippen molar-refractivity contribution >= 4 is 18.7 Å². The van der Waals surface area contributed by atoms with E-state index in [0.717, 1.165) is 25.7 Å². The molecule has 2 aromatic carbocycles. The van der Waals surface area contributed by atoms with Crippen LogP contribution in [-0.2, 0) is 13.9 Å². The predicted molar refractivity (Wildman–Crippen MR) is 181 cm³/mol. The predicted octanol–water partition coefficient (Wildman–Crippen LogP) is 8.52. The number of hydrogen-bond donors (Lipinski definition) is 0. The van der Waals surface area contributed by atoms with E-state index in [-0.39, 0.29) is 24.0 Å². The van der Waals surface area contributed by atoms with Gasteiger partial charge in [0.2, 0.25) is 0 Å². The molecule has 2 aromatic rings. The Hall–Kier alpha value is -2.24. The van der Waals surface area contributed by atoms with Crippen LogP contribution in [0.4, 0.5) is 0 Å². The van der Waals surface area contributed by atoms with E-state index in [4.69, 9.17) is 13.9 Å². The lowest BCUT2D eigenvalue weighted by Gasteiger charge is -2.47. The number of rotatable bonds is 16. The average molecular weight is 588 g/mol. The van der Waals surface area contributed by atoms with Gasteiger partial charge in [-0.15, -0.1) is 13.2 Å². The molecule has 1 radical (unpaired) electrons. The molecule has 229 valence electrons. The van der Waals surface area contributed by atoms with Crippen LogP contribution >= 0.6 is 0 Å². The Labute approximate surface area is 258 Å². The van der Waals surface area contributed by atoms with Crippen LogP contribution in [0.15, 0.2) is 97.6 Å². The van der Waals surface area contributed by atoms with E-state index in [1.54, 1.807) is 7.11 Å². The molecule has 0 saturated heterocycles. The highest BCUT2D eigenvalue weighted by Crippen LogP contribution is 2.45. The third kappa shape index (κ3) is 8.22. The summed E-state index contributed by atoms with van der Waals surface area (Å²) in [5, 5.41) is 2.57. The summed E-state index contributed by atoms with van der Waals surface area (Å²) in [7, 11) is -1.04. The van der Waals surface area contributed by atoms with Gasteiger partial charge in [0.05, 0.1) is 6.10 Å². The van der Waals surface area contributed by atoms with E-state index in [1.807, 2.05) is 6.08 Å². The molecule has 0 aromatic heterocycles. The molecule has 1 aliphatic rings. The standard InChI is InChI=1S/C38H55O3Si/c1-10-18-32(41-42(38(6,7)8,33-19-14-12-15-20-33)34-21-16-13-17-22-34)27-37-30(5)23-25-35(29(3)4)36(37)26-24-31(11-2)40-28-39-9/h10-17,19-24,29,31-32,35-37H,1-2,18,25-28H2,3-9H3/t31-,32-,35-,36-,37+/m1/s1. The van der Waals surface area contributed by atoms with Crippen molar-refractivity contribution in [3.05, 3.63) is 104 Å². The quantitative estimate of drug-likeness (QED) is 0.112. The number of allylic oxidation sites excluding steroid dienone is 2. The van der Waals surface area contributed by atoms with Gasteiger partial charge in [-0.1, -0.05) is 119 Å². The zero-order valence-corrected chi connectivity index (χ0v) is 28.2. The fourth-order valence-electron chi connectivity index (χ4n) is 7.02. The summed E-state index contributed by atoms with van der Waals surface area (Å²) in [6.07, 6.45) is 12.5. The van der Waals surface area contributed by atoms with Gasteiger partial charge >= 0.3 is 0 Å². The van der Waals surface area contributed by atoms with Gasteiger partial charge in [-0.2, -0.15) is 0 Å². The second kappa shape index (κ2) is 16.0. The number of methoxy groups -OCH3 is 1. The molecule has 0 unspecified atom stereocenters. The highest BCUT2D eigenvalue weighted by atomic mass is 28.4. The van der Waals surface area contributed by atoms with Crippen molar-refractivity contribution in [2.24, 2.45) is 23.7 Å². The van der Waals surface area contributed by atoms with E-state index >= 15 is 0 Å². The van der Waals surface area contributed by atoms with E-state index in [2.05, 4.69) is 134 Å². The van der Waals surface area contributed by atoms with Crippen molar-refractivity contribution in [3.8, 4) is 0 Å². The first-order valence-corrected chi connectivity index (χ1v) is 17.6. The maximum atomic E-state index is 7.68. The fraction of sp³-hybridized carbons (Fsp3) is 0.500. The second-order valence-corrected chi connectivity index (χ2v) is 17.5. The number of ether oxygens (including phenoxy) is 2. The Balaban J connectivity index is 2.03. The third-order valence-corrected chi connectivity index (χ3v) is 14.3. The van der Waals surface area contributed by atoms with Crippen molar-refractivity contribution in [2.45, 2.75) is 84.5 Å². The molecule has 0 bridgehead atoms. The maximum absolute atomic E-state index is 7.68. The highest BCUT2D eigenvalue weighted by molar-refractivity contribution is 6.99. The van der Waals surface area contributed by atoms with E-state index in [9.17, 15) is 0 Å². The first-order valence-electron chi connectivity index (χ1n) is 15.7. The normalized spacial score (nSPS) is 21.0. The summed E-state index contributed by atoms with van der Waals surface area (Å²) in [6.45, 7) is 22.6. The van der Waals surface area contributed by atoms with Gasteiger partial charge in [0.25, 0.3) is 8.32 Å². The molecule has 0 aliphatic heterocycles. The van der Waals surface area contributed by atoms with Gasteiger partial charge in [-0.05, 0) is 78.1 Å². The van der Waals surface area contributed by atoms with Crippen LogP contribution in [0.5, 0.6) is 0 Å². The molecular weight excluding hydrogens is 533 g/mol. The molecule has 0 fully saturated rings. The monoisotopic (exact) mass is 587 g/mol. The molecule has 0 heterocycles. The summed E-state index contributed by atoms with van der Waals surface area (Å²) in [5.41, 5.74) is 1.48. The lowest BCUT2D eigenvalue weighted by molar-refractivity contribution is -0.0476.